The van der Waals surface area contributed by atoms with Crippen molar-refractivity contribution in [1.82, 2.24) is 9.88 Å². The molecule has 1 N–H and O–H groups in total. The second-order valence-corrected chi connectivity index (χ2v) is 6.91. The first-order chi connectivity index (χ1) is 9.65. The molecule has 0 aromatic carbocycles. The minimum Gasteiger partial charge on any atom is -0.391 e. The Balaban J connectivity index is 1.75. The molecular weight excluding hydrogens is 292 g/mol. The molecule has 1 amide bonds. The Bertz CT molecular complexity index is 594. The van der Waals surface area contributed by atoms with Gasteiger partial charge in [0.2, 0.25) is 0 Å². The fourth-order valence-electron chi connectivity index (χ4n) is 2.28. The van der Waals surface area contributed by atoms with E-state index < -0.39 is 6.10 Å². The normalized spacial score (nSPS) is 23.0. The number of hydrogen-bond donors (Lipinski definition) is 1. The SMILES string of the molecule is CC1CCN(C(=O)c2csc(-c3cccs3)n2)CC1O. The van der Waals surface area contributed by atoms with Crippen molar-refractivity contribution in [3.05, 3.63) is 28.6 Å². The molecule has 0 saturated carbocycles. The van der Waals surface area contributed by atoms with Crippen LogP contribution in [0, 0.1) is 5.92 Å². The number of nitrogens with zero attached hydrogens (tertiary/aromatic N) is 2. The van der Waals surface area contributed by atoms with Gasteiger partial charge in [-0.2, -0.15) is 0 Å². The zero-order valence-electron chi connectivity index (χ0n) is 11.2. The number of piperidine rings is 1. The number of carbonyl (C=O) groups is 1. The largest absolute Gasteiger partial charge is 0.391 e. The first-order valence-corrected chi connectivity index (χ1v) is 8.38. The number of β-amino-alcohol motifs (C(OH)–C–C–N with tert-alkyl or cyclic N) is 1. The number of thiazole rings is 1. The van der Waals surface area contributed by atoms with Crippen molar-refractivity contribution in [2.24, 2.45) is 5.92 Å². The Morgan fingerprint density at radius 1 is 1.50 bits per heavy atom. The maximum atomic E-state index is 12.4. The monoisotopic (exact) mass is 308 g/mol. The maximum absolute atomic E-state index is 12.4. The fourth-order valence-corrected chi connectivity index (χ4v) is 3.89. The van der Waals surface area contributed by atoms with Crippen LogP contribution in [0.2, 0.25) is 0 Å². The van der Waals surface area contributed by atoms with Gasteiger partial charge in [0.15, 0.2) is 0 Å². The van der Waals surface area contributed by atoms with Crippen molar-refractivity contribution in [2.45, 2.75) is 19.4 Å². The third kappa shape index (κ3) is 2.63. The summed E-state index contributed by atoms with van der Waals surface area (Å²) in [5.74, 6) is 0.186. The van der Waals surface area contributed by atoms with E-state index in [9.17, 15) is 9.90 Å². The molecule has 0 aliphatic carbocycles. The molecule has 3 heterocycles. The Morgan fingerprint density at radius 2 is 2.35 bits per heavy atom. The van der Waals surface area contributed by atoms with Gasteiger partial charge in [-0.25, -0.2) is 4.98 Å². The van der Waals surface area contributed by atoms with Crippen LogP contribution in [0.5, 0.6) is 0 Å². The highest BCUT2D eigenvalue weighted by Crippen LogP contribution is 2.28. The van der Waals surface area contributed by atoms with Crippen molar-refractivity contribution in [3.8, 4) is 9.88 Å². The number of aromatic nitrogens is 1. The molecular formula is C14H16N2O2S2. The molecule has 2 atom stereocenters. The van der Waals surface area contributed by atoms with E-state index in [1.165, 1.54) is 11.3 Å². The van der Waals surface area contributed by atoms with Crippen molar-refractivity contribution < 1.29 is 9.90 Å². The van der Waals surface area contributed by atoms with E-state index in [1.807, 2.05) is 29.8 Å². The van der Waals surface area contributed by atoms with Crippen LogP contribution in [0.25, 0.3) is 9.88 Å². The van der Waals surface area contributed by atoms with Crippen LogP contribution >= 0.6 is 22.7 Å². The predicted molar refractivity (Wildman–Crippen MR) is 81.1 cm³/mol. The van der Waals surface area contributed by atoms with Crippen LogP contribution in [-0.4, -0.2) is 40.1 Å². The number of hydrogen-bond acceptors (Lipinski definition) is 5. The van der Waals surface area contributed by atoms with Crippen molar-refractivity contribution in [2.75, 3.05) is 13.1 Å². The molecule has 20 heavy (non-hydrogen) atoms. The first-order valence-electron chi connectivity index (χ1n) is 6.62. The van der Waals surface area contributed by atoms with Gasteiger partial charge in [0.25, 0.3) is 5.91 Å². The molecule has 2 aromatic heterocycles. The third-order valence-corrected chi connectivity index (χ3v) is 5.54. The predicted octanol–water partition coefficient (Wildman–Crippen LogP) is 2.71. The number of rotatable bonds is 2. The van der Waals surface area contributed by atoms with Crippen molar-refractivity contribution in [1.29, 1.82) is 0 Å². The average Bonchev–Trinajstić information content (AvgIpc) is 3.11. The van der Waals surface area contributed by atoms with Crippen LogP contribution in [-0.2, 0) is 0 Å². The molecule has 1 aliphatic rings. The second kappa shape index (κ2) is 5.63. The Labute approximate surface area is 125 Å². The van der Waals surface area contributed by atoms with E-state index in [1.54, 1.807) is 16.2 Å². The maximum Gasteiger partial charge on any atom is 0.273 e. The molecule has 0 radical (unpaired) electrons. The van der Waals surface area contributed by atoms with Gasteiger partial charge in [0.1, 0.15) is 10.7 Å². The number of aliphatic hydroxyl groups is 1. The van der Waals surface area contributed by atoms with E-state index in [2.05, 4.69) is 4.98 Å². The van der Waals surface area contributed by atoms with Gasteiger partial charge in [-0.3, -0.25) is 4.79 Å². The summed E-state index contributed by atoms with van der Waals surface area (Å²) in [6.07, 6.45) is 0.414. The molecule has 2 unspecified atom stereocenters. The summed E-state index contributed by atoms with van der Waals surface area (Å²) >= 11 is 3.11. The number of amides is 1. The lowest BCUT2D eigenvalue weighted by molar-refractivity contribution is 0.0246. The van der Waals surface area contributed by atoms with Crippen LogP contribution < -0.4 is 0 Å². The van der Waals surface area contributed by atoms with Crippen LogP contribution in [0.3, 0.4) is 0 Å². The quantitative estimate of drug-likeness (QED) is 0.928. The van der Waals surface area contributed by atoms with Gasteiger partial charge < -0.3 is 10.0 Å². The molecule has 0 spiro atoms. The third-order valence-electron chi connectivity index (χ3n) is 3.66. The van der Waals surface area contributed by atoms with Crippen molar-refractivity contribution >= 4 is 28.6 Å². The van der Waals surface area contributed by atoms with E-state index in [-0.39, 0.29) is 11.8 Å². The Morgan fingerprint density at radius 3 is 3.05 bits per heavy atom. The van der Waals surface area contributed by atoms with Gasteiger partial charge in [-0.15, -0.1) is 22.7 Å². The first kappa shape index (κ1) is 13.7. The molecule has 6 heteroatoms. The summed E-state index contributed by atoms with van der Waals surface area (Å²) in [6.45, 7) is 3.12. The summed E-state index contributed by atoms with van der Waals surface area (Å²) in [5.41, 5.74) is 0.486. The van der Waals surface area contributed by atoms with Gasteiger partial charge >= 0.3 is 0 Å². The molecule has 3 rings (SSSR count). The van der Waals surface area contributed by atoms with Crippen LogP contribution in [0.4, 0.5) is 0 Å². The minimum atomic E-state index is -0.428. The summed E-state index contributed by atoms with van der Waals surface area (Å²) in [4.78, 5) is 19.6. The highest BCUT2D eigenvalue weighted by molar-refractivity contribution is 7.20. The average molecular weight is 308 g/mol. The van der Waals surface area contributed by atoms with Gasteiger partial charge in [-0.05, 0) is 23.8 Å². The molecule has 106 valence electrons. The van der Waals surface area contributed by atoms with Crippen molar-refractivity contribution in [3.63, 3.8) is 0 Å². The smallest absolute Gasteiger partial charge is 0.273 e. The zero-order chi connectivity index (χ0) is 14.1. The highest BCUT2D eigenvalue weighted by Gasteiger charge is 2.28. The molecule has 1 fully saturated rings. The number of carbonyl (C=O) groups excluding carboxylic acids is 1. The highest BCUT2D eigenvalue weighted by atomic mass is 32.1. The Hall–Kier alpha value is -1.24. The summed E-state index contributed by atoms with van der Waals surface area (Å²) < 4.78 is 0. The summed E-state index contributed by atoms with van der Waals surface area (Å²) in [7, 11) is 0. The standard InChI is InChI=1S/C14H16N2O2S2/c1-9-4-5-16(7-11(9)17)14(18)10-8-20-13(15-10)12-3-2-6-19-12/h2-3,6,8-9,11,17H,4-5,7H2,1H3. The lowest BCUT2D eigenvalue weighted by atomic mass is 9.96. The molecule has 0 bridgehead atoms. The van der Waals surface area contributed by atoms with Crippen LogP contribution in [0.1, 0.15) is 23.8 Å². The minimum absolute atomic E-state index is 0.0741. The number of thiophene rings is 1. The molecule has 2 aromatic rings. The van der Waals surface area contributed by atoms with E-state index in [0.29, 0.717) is 18.8 Å². The molecule has 1 aliphatic heterocycles. The topological polar surface area (TPSA) is 53.4 Å². The van der Waals surface area contributed by atoms with Gasteiger partial charge in [0, 0.05) is 18.5 Å². The van der Waals surface area contributed by atoms with Gasteiger partial charge in [0.05, 0.1) is 11.0 Å². The summed E-state index contributed by atoms with van der Waals surface area (Å²) in [6, 6.07) is 3.98. The molecule has 1 saturated heterocycles. The summed E-state index contributed by atoms with van der Waals surface area (Å²) in [5, 5.41) is 14.6. The zero-order valence-corrected chi connectivity index (χ0v) is 12.8. The van der Waals surface area contributed by atoms with E-state index >= 15 is 0 Å². The lowest BCUT2D eigenvalue weighted by Crippen LogP contribution is -2.45. The van der Waals surface area contributed by atoms with E-state index in [0.717, 1.165) is 16.3 Å². The van der Waals surface area contributed by atoms with Gasteiger partial charge in [-0.1, -0.05) is 13.0 Å². The Kier molecular flexibility index (Phi) is 3.87. The second-order valence-electron chi connectivity index (χ2n) is 5.10. The van der Waals surface area contributed by atoms with Crippen LogP contribution in [0.15, 0.2) is 22.9 Å². The number of aliphatic hydroxyl groups excluding tert-OH is 1. The number of likely N-dealkylation sites (tertiary alicyclic amines) is 1. The fraction of sp³-hybridized carbons (Fsp3) is 0.429. The lowest BCUT2D eigenvalue weighted by Gasteiger charge is -2.33. The molecule has 4 nitrogen and oxygen atoms in total. The van der Waals surface area contributed by atoms with E-state index in [4.69, 9.17) is 0 Å².